The van der Waals surface area contributed by atoms with Crippen LogP contribution in [-0.2, 0) is 6.54 Å². The van der Waals surface area contributed by atoms with Gasteiger partial charge in [-0.15, -0.1) is 16.9 Å². The van der Waals surface area contributed by atoms with Crippen molar-refractivity contribution in [2.24, 2.45) is 0 Å². The summed E-state index contributed by atoms with van der Waals surface area (Å²) in [6, 6.07) is 6.50. The van der Waals surface area contributed by atoms with E-state index in [2.05, 4.69) is 27.0 Å². The summed E-state index contributed by atoms with van der Waals surface area (Å²) in [4.78, 5) is 1.33. The molecule has 0 spiro atoms. The first-order valence-corrected chi connectivity index (χ1v) is 7.94. The lowest BCUT2D eigenvalue weighted by molar-refractivity contribution is 0.505. The molecule has 18 heavy (non-hydrogen) atoms. The zero-order chi connectivity index (χ0) is 12.4. The second-order valence-electron chi connectivity index (χ2n) is 4.15. The molecule has 0 amide bonds. The average molecular weight is 298 g/mol. The number of nitrogens with one attached hydrogen (secondary N) is 1. The van der Waals surface area contributed by atoms with Gasteiger partial charge in [0.05, 0.1) is 5.69 Å². The van der Waals surface area contributed by atoms with E-state index in [0.717, 1.165) is 29.4 Å². The van der Waals surface area contributed by atoms with Crippen LogP contribution in [0, 0.1) is 0 Å². The van der Waals surface area contributed by atoms with Gasteiger partial charge in [0.1, 0.15) is 0 Å². The molecule has 0 aliphatic carbocycles. The van der Waals surface area contributed by atoms with Crippen molar-refractivity contribution < 1.29 is 0 Å². The molecule has 0 radical (unpaired) electrons. The van der Waals surface area contributed by atoms with Crippen LogP contribution < -0.4 is 5.32 Å². The molecule has 6 heteroatoms. The fourth-order valence-corrected chi connectivity index (χ4v) is 3.80. The van der Waals surface area contributed by atoms with Crippen molar-refractivity contribution in [2.45, 2.75) is 23.9 Å². The summed E-state index contributed by atoms with van der Waals surface area (Å²) in [5.74, 6) is 1.14. The smallest absolute Gasteiger partial charge is 0.0893 e. The molecule has 2 heterocycles. The van der Waals surface area contributed by atoms with Crippen LogP contribution in [0.15, 0.2) is 28.5 Å². The molecule has 1 N–H and O–H groups in total. The number of fused-ring (bicyclic) bond motifs is 1. The number of benzene rings is 1. The van der Waals surface area contributed by atoms with Crippen LogP contribution in [0.3, 0.4) is 0 Å². The Labute approximate surface area is 119 Å². The standard InChI is InChI=1S/C12H12ClN3S2/c13-8-1-2-12-10(5-8)11(3-4-17-12)14-6-9-7-18-16-15-9/h1-2,5,7,11,14H,3-4,6H2. The van der Waals surface area contributed by atoms with E-state index in [1.54, 1.807) is 0 Å². The molecular formula is C12H12ClN3S2. The van der Waals surface area contributed by atoms with Gasteiger partial charge in [-0.05, 0) is 47.5 Å². The van der Waals surface area contributed by atoms with Crippen LogP contribution in [0.2, 0.25) is 5.02 Å². The predicted octanol–water partition coefficient (Wildman–Crippen LogP) is 3.52. The van der Waals surface area contributed by atoms with Gasteiger partial charge in [0.2, 0.25) is 0 Å². The Morgan fingerprint density at radius 1 is 1.44 bits per heavy atom. The Balaban J connectivity index is 1.76. The zero-order valence-corrected chi connectivity index (χ0v) is 12.0. The summed E-state index contributed by atoms with van der Waals surface area (Å²) in [7, 11) is 0. The Morgan fingerprint density at radius 2 is 2.39 bits per heavy atom. The van der Waals surface area contributed by atoms with Crippen LogP contribution in [-0.4, -0.2) is 15.3 Å². The first-order chi connectivity index (χ1) is 8.83. The summed E-state index contributed by atoms with van der Waals surface area (Å²) in [6.07, 6.45) is 1.12. The predicted molar refractivity (Wildman–Crippen MR) is 76.3 cm³/mol. The van der Waals surface area contributed by atoms with Gasteiger partial charge in [-0.3, -0.25) is 0 Å². The van der Waals surface area contributed by atoms with E-state index in [1.165, 1.54) is 22.0 Å². The zero-order valence-electron chi connectivity index (χ0n) is 9.60. The van der Waals surface area contributed by atoms with E-state index in [4.69, 9.17) is 11.6 Å². The lowest BCUT2D eigenvalue weighted by Gasteiger charge is -2.26. The van der Waals surface area contributed by atoms with Gasteiger partial charge in [0.25, 0.3) is 0 Å². The van der Waals surface area contributed by atoms with Crippen LogP contribution >= 0.6 is 34.9 Å². The molecule has 0 bridgehead atoms. The second-order valence-corrected chi connectivity index (χ2v) is 6.33. The van der Waals surface area contributed by atoms with E-state index in [-0.39, 0.29) is 0 Å². The van der Waals surface area contributed by atoms with Crippen LogP contribution in [0.4, 0.5) is 0 Å². The Kier molecular flexibility index (Phi) is 3.84. The SMILES string of the molecule is Clc1ccc2c(c1)C(NCc1csnn1)CCS2. The molecular weight excluding hydrogens is 286 g/mol. The van der Waals surface area contributed by atoms with E-state index in [9.17, 15) is 0 Å². The minimum absolute atomic E-state index is 0.363. The maximum Gasteiger partial charge on any atom is 0.0893 e. The fraction of sp³-hybridized carbons (Fsp3) is 0.333. The Hall–Kier alpha value is -0.620. The number of thioether (sulfide) groups is 1. The van der Waals surface area contributed by atoms with E-state index < -0.39 is 0 Å². The maximum atomic E-state index is 6.08. The number of halogens is 1. The third kappa shape index (κ3) is 2.69. The minimum Gasteiger partial charge on any atom is -0.304 e. The Morgan fingerprint density at radius 3 is 3.22 bits per heavy atom. The van der Waals surface area contributed by atoms with Crippen molar-refractivity contribution in [2.75, 3.05) is 5.75 Å². The quantitative estimate of drug-likeness (QED) is 0.941. The highest BCUT2D eigenvalue weighted by Crippen LogP contribution is 2.37. The van der Waals surface area contributed by atoms with Gasteiger partial charge in [0.15, 0.2) is 0 Å². The van der Waals surface area contributed by atoms with Gasteiger partial charge in [-0.2, -0.15) is 0 Å². The summed E-state index contributed by atoms with van der Waals surface area (Å²) in [6.45, 7) is 0.762. The molecule has 94 valence electrons. The average Bonchev–Trinajstić information content (AvgIpc) is 2.89. The van der Waals surface area contributed by atoms with Gasteiger partial charge in [-0.1, -0.05) is 16.1 Å². The maximum absolute atomic E-state index is 6.08. The van der Waals surface area contributed by atoms with Crippen molar-refractivity contribution >= 4 is 34.9 Å². The number of aromatic nitrogens is 2. The molecule has 0 saturated heterocycles. The molecule has 0 fully saturated rings. The minimum atomic E-state index is 0.363. The largest absolute Gasteiger partial charge is 0.304 e. The molecule has 1 atom stereocenters. The number of hydrogen-bond acceptors (Lipinski definition) is 5. The highest BCUT2D eigenvalue weighted by molar-refractivity contribution is 7.99. The molecule has 1 unspecified atom stereocenters. The summed E-state index contributed by atoms with van der Waals surface area (Å²) in [5, 5.41) is 10.4. The molecule has 0 saturated carbocycles. The fourth-order valence-electron chi connectivity index (χ4n) is 2.07. The topological polar surface area (TPSA) is 37.8 Å². The highest BCUT2D eigenvalue weighted by Gasteiger charge is 2.20. The van der Waals surface area contributed by atoms with Crippen molar-refractivity contribution in [1.82, 2.24) is 14.9 Å². The molecule has 1 aliphatic rings. The van der Waals surface area contributed by atoms with E-state index >= 15 is 0 Å². The highest BCUT2D eigenvalue weighted by atomic mass is 35.5. The lowest BCUT2D eigenvalue weighted by atomic mass is 10.0. The van der Waals surface area contributed by atoms with Crippen molar-refractivity contribution in [3.63, 3.8) is 0 Å². The molecule has 1 aromatic carbocycles. The molecule has 1 aliphatic heterocycles. The normalized spacial score (nSPS) is 18.6. The number of hydrogen-bond donors (Lipinski definition) is 1. The van der Waals surface area contributed by atoms with Gasteiger partial charge in [0, 0.05) is 27.9 Å². The monoisotopic (exact) mass is 297 g/mol. The molecule has 1 aromatic heterocycles. The third-order valence-corrected chi connectivity index (χ3v) is 4.86. The van der Waals surface area contributed by atoms with E-state index in [0.29, 0.717) is 6.04 Å². The van der Waals surface area contributed by atoms with Gasteiger partial charge < -0.3 is 5.32 Å². The summed E-state index contributed by atoms with van der Waals surface area (Å²) < 4.78 is 3.87. The van der Waals surface area contributed by atoms with Crippen molar-refractivity contribution in [3.05, 3.63) is 39.9 Å². The van der Waals surface area contributed by atoms with Crippen LogP contribution in [0.1, 0.15) is 23.7 Å². The third-order valence-electron chi connectivity index (χ3n) is 2.95. The Bertz CT molecular complexity index is 530. The van der Waals surface area contributed by atoms with Crippen LogP contribution in [0.25, 0.3) is 0 Å². The van der Waals surface area contributed by atoms with Gasteiger partial charge in [-0.25, -0.2) is 0 Å². The molecule has 3 rings (SSSR count). The van der Waals surface area contributed by atoms with Gasteiger partial charge >= 0.3 is 0 Å². The first-order valence-electron chi connectivity index (χ1n) is 5.74. The molecule has 3 nitrogen and oxygen atoms in total. The number of rotatable bonds is 3. The second kappa shape index (κ2) is 5.57. The lowest BCUT2D eigenvalue weighted by Crippen LogP contribution is -2.24. The molecule has 2 aromatic rings. The first kappa shape index (κ1) is 12.4. The summed E-state index contributed by atoms with van der Waals surface area (Å²) in [5.41, 5.74) is 2.31. The summed E-state index contributed by atoms with van der Waals surface area (Å²) >= 11 is 9.37. The van der Waals surface area contributed by atoms with E-state index in [1.807, 2.05) is 23.2 Å². The number of nitrogens with zero attached hydrogens (tertiary/aromatic N) is 2. The van der Waals surface area contributed by atoms with Crippen LogP contribution in [0.5, 0.6) is 0 Å². The van der Waals surface area contributed by atoms with Crippen molar-refractivity contribution in [3.8, 4) is 0 Å². The van der Waals surface area contributed by atoms with Crippen molar-refractivity contribution in [1.29, 1.82) is 0 Å².